The van der Waals surface area contributed by atoms with Crippen LogP contribution in [-0.4, -0.2) is 18.5 Å². The first-order valence-electron chi connectivity index (χ1n) is 5.96. The van der Waals surface area contributed by atoms with Crippen molar-refractivity contribution in [2.45, 2.75) is 31.8 Å². The van der Waals surface area contributed by atoms with Gasteiger partial charge in [0.05, 0.1) is 12.1 Å². The lowest BCUT2D eigenvalue weighted by atomic mass is 10.1. The standard InChI is InChI=1S/C13H17BrN2O/c1-9(10-5-2-3-6-11(10)14)16-13(17)12-7-4-8-15-12/h2-3,5-6,9,12,15H,4,7-8H2,1H3,(H,16,17)/t9-,12?/m1/s1. The number of amides is 1. The second-order valence-corrected chi connectivity index (χ2v) is 5.26. The summed E-state index contributed by atoms with van der Waals surface area (Å²) in [5.41, 5.74) is 1.11. The molecule has 1 aliphatic rings. The normalized spacial score (nSPS) is 21.2. The Labute approximate surface area is 110 Å². The molecule has 0 aromatic heterocycles. The van der Waals surface area contributed by atoms with Crippen molar-refractivity contribution >= 4 is 21.8 Å². The molecule has 2 N–H and O–H groups in total. The summed E-state index contributed by atoms with van der Waals surface area (Å²) in [6.07, 6.45) is 2.02. The van der Waals surface area contributed by atoms with E-state index in [1.54, 1.807) is 0 Å². The summed E-state index contributed by atoms with van der Waals surface area (Å²) in [5.74, 6) is 0.103. The molecule has 1 heterocycles. The Balaban J connectivity index is 1.99. The van der Waals surface area contributed by atoms with Gasteiger partial charge in [0.15, 0.2) is 0 Å². The maximum absolute atomic E-state index is 12.0. The van der Waals surface area contributed by atoms with E-state index in [1.807, 2.05) is 31.2 Å². The lowest BCUT2D eigenvalue weighted by molar-refractivity contribution is -0.123. The Morgan fingerprint density at radius 2 is 2.29 bits per heavy atom. The van der Waals surface area contributed by atoms with Gasteiger partial charge in [-0.1, -0.05) is 34.1 Å². The van der Waals surface area contributed by atoms with Crippen LogP contribution in [0.4, 0.5) is 0 Å². The molecule has 0 radical (unpaired) electrons. The van der Waals surface area contributed by atoms with Crippen molar-refractivity contribution in [1.29, 1.82) is 0 Å². The third kappa shape index (κ3) is 3.07. The van der Waals surface area contributed by atoms with Crippen LogP contribution in [0.25, 0.3) is 0 Å². The number of carbonyl (C=O) groups excluding carboxylic acids is 1. The first-order valence-corrected chi connectivity index (χ1v) is 6.76. The summed E-state index contributed by atoms with van der Waals surface area (Å²) >= 11 is 3.50. The van der Waals surface area contributed by atoms with E-state index >= 15 is 0 Å². The van der Waals surface area contributed by atoms with Crippen molar-refractivity contribution in [3.63, 3.8) is 0 Å². The van der Waals surface area contributed by atoms with Crippen molar-refractivity contribution in [2.75, 3.05) is 6.54 Å². The highest BCUT2D eigenvalue weighted by molar-refractivity contribution is 9.10. The van der Waals surface area contributed by atoms with E-state index in [-0.39, 0.29) is 18.0 Å². The smallest absolute Gasteiger partial charge is 0.237 e. The number of rotatable bonds is 3. The maximum Gasteiger partial charge on any atom is 0.237 e. The molecular weight excluding hydrogens is 280 g/mol. The van der Waals surface area contributed by atoms with Crippen LogP contribution >= 0.6 is 15.9 Å². The number of hydrogen-bond donors (Lipinski definition) is 2. The molecule has 2 rings (SSSR count). The highest BCUT2D eigenvalue weighted by Gasteiger charge is 2.23. The third-order valence-electron chi connectivity index (χ3n) is 3.11. The predicted octanol–water partition coefficient (Wildman–Crippen LogP) is 2.38. The van der Waals surface area contributed by atoms with Gasteiger partial charge in [0.2, 0.25) is 5.91 Å². The van der Waals surface area contributed by atoms with Crippen LogP contribution in [0.15, 0.2) is 28.7 Å². The summed E-state index contributed by atoms with van der Waals surface area (Å²) in [4.78, 5) is 12.0. The zero-order chi connectivity index (χ0) is 12.3. The van der Waals surface area contributed by atoms with E-state index in [9.17, 15) is 4.79 Å². The van der Waals surface area contributed by atoms with Crippen molar-refractivity contribution < 1.29 is 4.79 Å². The van der Waals surface area contributed by atoms with Gasteiger partial charge in [-0.25, -0.2) is 0 Å². The van der Waals surface area contributed by atoms with Gasteiger partial charge in [0.25, 0.3) is 0 Å². The van der Waals surface area contributed by atoms with Crippen molar-refractivity contribution in [3.8, 4) is 0 Å². The molecule has 4 heteroatoms. The van der Waals surface area contributed by atoms with Gasteiger partial charge in [-0.05, 0) is 37.9 Å². The van der Waals surface area contributed by atoms with E-state index in [0.717, 1.165) is 29.4 Å². The molecule has 0 bridgehead atoms. The average molecular weight is 297 g/mol. The molecule has 0 spiro atoms. The van der Waals surface area contributed by atoms with Crippen LogP contribution in [0.5, 0.6) is 0 Å². The van der Waals surface area contributed by atoms with Gasteiger partial charge in [0, 0.05) is 4.47 Å². The van der Waals surface area contributed by atoms with Gasteiger partial charge in [-0.3, -0.25) is 4.79 Å². The molecule has 0 saturated carbocycles. The third-order valence-corrected chi connectivity index (χ3v) is 3.83. The number of halogens is 1. The summed E-state index contributed by atoms with van der Waals surface area (Å²) in [6, 6.07) is 7.99. The first kappa shape index (κ1) is 12.6. The molecule has 3 nitrogen and oxygen atoms in total. The van der Waals surface area contributed by atoms with Crippen molar-refractivity contribution in [1.82, 2.24) is 10.6 Å². The summed E-state index contributed by atoms with van der Waals surface area (Å²) < 4.78 is 1.03. The maximum atomic E-state index is 12.0. The van der Waals surface area contributed by atoms with Crippen LogP contribution in [0.2, 0.25) is 0 Å². The molecule has 1 aromatic rings. The zero-order valence-electron chi connectivity index (χ0n) is 9.87. The lowest BCUT2D eigenvalue weighted by Gasteiger charge is -2.18. The fourth-order valence-corrected chi connectivity index (χ4v) is 2.75. The molecule has 1 amide bonds. The van der Waals surface area contributed by atoms with E-state index in [0.29, 0.717) is 0 Å². The van der Waals surface area contributed by atoms with Gasteiger partial charge in [0.1, 0.15) is 0 Å². The molecule has 1 fully saturated rings. The number of hydrogen-bond acceptors (Lipinski definition) is 2. The molecule has 92 valence electrons. The van der Waals surface area contributed by atoms with E-state index in [1.165, 1.54) is 0 Å². The van der Waals surface area contributed by atoms with Crippen LogP contribution in [-0.2, 0) is 4.79 Å². The second-order valence-electron chi connectivity index (χ2n) is 4.40. The Morgan fingerprint density at radius 1 is 1.53 bits per heavy atom. The minimum atomic E-state index is -0.0139. The molecule has 1 saturated heterocycles. The fourth-order valence-electron chi connectivity index (χ4n) is 2.13. The van der Waals surface area contributed by atoms with Gasteiger partial charge >= 0.3 is 0 Å². The van der Waals surface area contributed by atoms with Gasteiger partial charge in [-0.2, -0.15) is 0 Å². The zero-order valence-corrected chi connectivity index (χ0v) is 11.5. The molecule has 1 aliphatic heterocycles. The monoisotopic (exact) mass is 296 g/mol. The van der Waals surface area contributed by atoms with Crippen LogP contribution in [0.1, 0.15) is 31.4 Å². The molecular formula is C13H17BrN2O. The van der Waals surface area contributed by atoms with Crippen LogP contribution < -0.4 is 10.6 Å². The number of nitrogens with one attached hydrogen (secondary N) is 2. The summed E-state index contributed by atoms with van der Waals surface area (Å²) in [7, 11) is 0. The molecule has 0 aliphatic carbocycles. The lowest BCUT2D eigenvalue weighted by Crippen LogP contribution is -2.41. The SMILES string of the molecule is C[C@@H](NC(=O)C1CCCN1)c1ccccc1Br. The van der Waals surface area contributed by atoms with Gasteiger partial charge < -0.3 is 10.6 Å². The Bertz CT molecular complexity index is 402. The first-order chi connectivity index (χ1) is 8.18. The molecule has 1 aromatic carbocycles. The largest absolute Gasteiger partial charge is 0.348 e. The van der Waals surface area contributed by atoms with Crippen molar-refractivity contribution in [3.05, 3.63) is 34.3 Å². The fraction of sp³-hybridized carbons (Fsp3) is 0.462. The number of benzene rings is 1. The topological polar surface area (TPSA) is 41.1 Å². The molecule has 1 unspecified atom stereocenters. The second kappa shape index (κ2) is 5.65. The van der Waals surface area contributed by atoms with E-state index in [4.69, 9.17) is 0 Å². The molecule has 17 heavy (non-hydrogen) atoms. The highest BCUT2D eigenvalue weighted by Crippen LogP contribution is 2.22. The number of carbonyl (C=O) groups is 1. The summed E-state index contributed by atoms with van der Waals surface area (Å²) in [5, 5.41) is 6.25. The highest BCUT2D eigenvalue weighted by atomic mass is 79.9. The van der Waals surface area contributed by atoms with Crippen molar-refractivity contribution in [2.24, 2.45) is 0 Å². The van der Waals surface area contributed by atoms with Crippen LogP contribution in [0, 0.1) is 0 Å². The predicted molar refractivity (Wildman–Crippen MR) is 71.7 cm³/mol. The van der Waals surface area contributed by atoms with Gasteiger partial charge in [-0.15, -0.1) is 0 Å². The summed E-state index contributed by atoms with van der Waals surface area (Å²) in [6.45, 7) is 2.95. The minimum absolute atomic E-state index is 0.0139. The van der Waals surface area contributed by atoms with E-state index < -0.39 is 0 Å². The molecule has 2 atom stereocenters. The van der Waals surface area contributed by atoms with E-state index in [2.05, 4.69) is 26.6 Å². The van der Waals surface area contributed by atoms with Crippen LogP contribution in [0.3, 0.4) is 0 Å². The minimum Gasteiger partial charge on any atom is -0.348 e. The Hall–Kier alpha value is -0.870. The quantitative estimate of drug-likeness (QED) is 0.899. The Morgan fingerprint density at radius 3 is 2.94 bits per heavy atom. The average Bonchev–Trinajstić information content (AvgIpc) is 2.82. The Kier molecular flexibility index (Phi) is 4.18.